The van der Waals surface area contributed by atoms with E-state index in [0.717, 1.165) is 41.0 Å². The summed E-state index contributed by atoms with van der Waals surface area (Å²) in [6, 6.07) is 12.9. The maximum absolute atomic E-state index is 14.9. The van der Waals surface area contributed by atoms with Gasteiger partial charge in [0.15, 0.2) is 11.6 Å². The second kappa shape index (κ2) is 10.1. The van der Waals surface area contributed by atoms with E-state index in [-0.39, 0.29) is 34.9 Å². The average Bonchev–Trinajstić information content (AvgIpc) is 3.46. The number of aromatic nitrogens is 2. The van der Waals surface area contributed by atoms with Crippen LogP contribution in [0, 0.1) is 24.5 Å². The Morgan fingerprint density at radius 2 is 1.83 bits per heavy atom. The molecule has 2 heterocycles. The maximum Gasteiger partial charge on any atom is 0.173 e. The van der Waals surface area contributed by atoms with Crippen molar-refractivity contribution in [2.24, 2.45) is 5.92 Å². The van der Waals surface area contributed by atoms with Gasteiger partial charge in [-0.1, -0.05) is 19.4 Å². The molecule has 2 aromatic carbocycles. The van der Waals surface area contributed by atoms with Crippen LogP contribution in [0.2, 0.25) is 0 Å². The Morgan fingerprint density at radius 3 is 2.53 bits per heavy atom. The summed E-state index contributed by atoms with van der Waals surface area (Å²) in [6.45, 7) is 3.79. The molecule has 0 aliphatic heterocycles. The van der Waals surface area contributed by atoms with Crippen molar-refractivity contribution in [1.29, 1.82) is 0 Å². The zero-order valence-electron chi connectivity index (χ0n) is 20.4. The van der Waals surface area contributed by atoms with Crippen LogP contribution in [0.3, 0.4) is 0 Å². The molecule has 1 aliphatic rings. The van der Waals surface area contributed by atoms with E-state index in [0.29, 0.717) is 23.9 Å². The highest BCUT2D eigenvalue weighted by Gasteiger charge is 2.30. The number of carbonyl (C=O) groups is 2. The minimum Gasteiger partial charge on any atom is -0.321 e. The van der Waals surface area contributed by atoms with Crippen molar-refractivity contribution in [3.05, 3.63) is 75.5 Å². The first-order valence-corrected chi connectivity index (χ1v) is 13.3. The van der Waals surface area contributed by atoms with Gasteiger partial charge < -0.3 is 4.57 Å². The lowest BCUT2D eigenvalue weighted by Crippen LogP contribution is -2.22. The lowest BCUT2D eigenvalue weighted by molar-refractivity contribution is 0.0944. The zero-order chi connectivity index (χ0) is 25.4. The standard InChI is InChI=1S/C29H28F2N2O2S/c1-3-25(34)19-11-12-24-23(16-19)32-29(28-21(30)8-5-9-22(28)31)33(24)20-7-4-6-18(14-20)15-26(35)27-13-10-17(2)36-27/h5,8-13,16,18,20H,3-4,6-7,14-15H2,1-2H3/t18-,20+/m1/s1. The molecule has 2 atom stereocenters. The molecule has 186 valence electrons. The minimum absolute atomic E-state index is 0.00914. The number of ketones is 2. The van der Waals surface area contributed by atoms with Gasteiger partial charge in [-0.25, -0.2) is 13.8 Å². The van der Waals surface area contributed by atoms with E-state index < -0.39 is 11.6 Å². The lowest BCUT2D eigenvalue weighted by Gasteiger charge is -2.31. The van der Waals surface area contributed by atoms with Crippen LogP contribution < -0.4 is 0 Å². The lowest BCUT2D eigenvalue weighted by atomic mass is 9.82. The molecular formula is C29H28F2N2O2S. The van der Waals surface area contributed by atoms with Gasteiger partial charge in [0.1, 0.15) is 17.5 Å². The van der Waals surface area contributed by atoms with Crippen LogP contribution >= 0.6 is 11.3 Å². The van der Waals surface area contributed by atoms with E-state index in [9.17, 15) is 18.4 Å². The third kappa shape index (κ3) is 4.64. The number of imidazole rings is 1. The van der Waals surface area contributed by atoms with Crippen molar-refractivity contribution >= 4 is 33.9 Å². The van der Waals surface area contributed by atoms with E-state index in [1.807, 2.05) is 29.7 Å². The number of aryl methyl sites for hydroxylation is 1. The predicted octanol–water partition coefficient (Wildman–Crippen LogP) is 7.95. The Morgan fingerprint density at radius 1 is 1.06 bits per heavy atom. The molecule has 0 saturated heterocycles. The van der Waals surface area contributed by atoms with Gasteiger partial charge in [-0.3, -0.25) is 9.59 Å². The summed E-state index contributed by atoms with van der Waals surface area (Å²) >= 11 is 1.52. The number of benzene rings is 2. The first-order valence-electron chi connectivity index (χ1n) is 12.4. The van der Waals surface area contributed by atoms with E-state index >= 15 is 0 Å². The van der Waals surface area contributed by atoms with Gasteiger partial charge in [0.25, 0.3) is 0 Å². The fourth-order valence-electron chi connectivity index (χ4n) is 5.36. The van der Waals surface area contributed by atoms with Crippen molar-refractivity contribution in [3.63, 3.8) is 0 Å². The Balaban J connectivity index is 1.55. The van der Waals surface area contributed by atoms with Crippen LogP contribution in [0.25, 0.3) is 22.4 Å². The summed E-state index contributed by atoms with van der Waals surface area (Å²) in [5.74, 6) is -0.801. The summed E-state index contributed by atoms with van der Waals surface area (Å²) in [5, 5.41) is 0. The topological polar surface area (TPSA) is 52.0 Å². The fourth-order valence-corrected chi connectivity index (χ4v) is 6.18. The maximum atomic E-state index is 14.9. The Labute approximate surface area is 213 Å². The van der Waals surface area contributed by atoms with E-state index in [1.165, 1.54) is 29.5 Å². The third-order valence-corrected chi connectivity index (χ3v) is 8.17. The number of Topliss-reactive ketones (excluding diaryl/α,β-unsaturated/α-hetero) is 2. The molecule has 1 aliphatic carbocycles. The van der Waals surface area contributed by atoms with Gasteiger partial charge in [0, 0.05) is 29.3 Å². The van der Waals surface area contributed by atoms with Crippen molar-refractivity contribution < 1.29 is 18.4 Å². The molecule has 36 heavy (non-hydrogen) atoms. The summed E-state index contributed by atoms with van der Waals surface area (Å²) in [5.41, 5.74) is 1.66. The summed E-state index contributed by atoms with van der Waals surface area (Å²) in [6.07, 6.45) is 4.23. The molecule has 1 saturated carbocycles. The molecule has 0 spiro atoms. The molecule has 2 aromatic heterocycles. The largest absolute Gasteiger partial charge is 0.321 e. The van der Waals surface area contributed by atoms with Crippen molar-refractivity contribution in [2.75, 3.05) is 0 Å². The highest BCUT2D eigenvalue weighted by Crippen LogP contribution is 2.41. The van der Waals surface area contributed by atoms with Gasteiger partial charge >= 0.3 is 0 Å². The number of hydrogen-bond acceptors (Lipinski definition) is 4. The summed E-state index contributed by atoms with van der Waals surface area (Å²) in [7, 11) is 0. The number of thiophene rings is 1. The minimum atomic E-state index is -0.674. The highest BCUT2D eigenvalue weighted by atomic mass is 32.1. The van der Waals surface area contributed by atoms with Crippen LogP contribution in [-0.2, 0) is 0 Å². The van der Waals surface area contributed by atoms with Crippen molar-refractivity contribution in [2.45, 2.75) is 58.4 Å². The van der Waals surface area contributed by atoms with Gasteiger partial charge in [-0.15, -0.1) is 11.3 Å². The molecule has 4 aromatic rings. The van der Waals surface area contributed by atoms with E-state index in [4.69, 9.17) is 0 Å². The molecule has 7 heteroatoms. The summed E-state index contributed by atoms with van der Waals surface area (Å²) < 4.78 is 31.8. The molecule has 0 amide bonds. The van der Waals surface area contributed by atoms with E-state index in [2.05, 4.69) is 4.98 Å². The molecule has 0 unspecified atom stereocenters. The van der Waals surface area contributed by atoms with Crippen LogP contribution in [0.4, 0.5) is 8.78 Å². The van der Waals surface area contributed by atoms with Crippen molar-refractivity contribution in [3.8, 4) is 11.4 Å². The summed E-state index contributed by atoms with van der Waals surface area (Å²) in [4.78, 5) is 31.8. The SMILES string of the molecule is CCC(=O)c1ccc2c(c1)nc(-c1c(F)cccc1F)n2[C@H]1CCC[C@@H](CC(=O)c2ccc(C)s2)C1. The van der Waals surface area contributed by atoms with Crippen LogP contribution in [-0.4, -0.2) is 21.1 Å². The molecule has 0 N–H and O–H groups in total. The fraction of sp³-hybridized carbons (Fsp3) is 0.345. The second-order valence-electron chi connectivity index (χ2n) is 9.61. The number of nitrogens with zero attached hydrogens (tertiary/aromatic N) is 2. The second-order valence-corrected chi connectivity index (χ2v) is 10.9. The first kappa shape index (κ1) is 24.5. The zero-order valence-corrected chi connectivity index (χ0v) is 21.2. The number of halogens is 2. The number of carbonyl (C=O) groups excluding carboxylic acids is 2. The predicted molar refractivity (Wildman–Crippen MR) is 139 cm³/mol. The molecule has 0 radical (unpaired) electrons. The molecule has 4 nitrogen and oxygen atoms in total. The van der Waals surface area contributed by atoms with Crippen LogP contribution in [0.15, 0.2) is 48.5 Å². The van der Waals surface area contributed by atoms with E-state index in [1.54, 1.807) is 19.1 Å². The highest BCUT2D eigenvalue weighted by molar-refractivity contribution is 7.14. The van der Waals surface area contributed by atoms with Gasteiger partial charge in [0.2, 0.25) is 0 Å². The van der Waals surface area contributed by atoms with Crippen LogP contribution in [0.1, 0.15) is 76.4 Å². The van der Waals surface area contributed by atoms with Crippen molar-refractivity contribution in [1.82, 2.24) is 9.55 Å². The first-order chi connectivity index (χ1) is 17.4. The third-order valence-electron chi connectivity index (χ3n) is 7.13. The molecular weight excluding hydrogens is 478 g/mol. The smallest absolute Gasteiger partial charge is 0.173 e. The van der Waals surface area contributed by atoms with Gasteiger partial charge in [-0.2, -0.15) is 0 Å². The Kier molecular flexibility index (Phi) is 6.84. The molecule has 1 fully saturated rings. The molecule has 0 bridgehead atoms. The van der Waals surface area contributed by atoms with Crippen LogP contribution in [0.5, 0.6) is 0 Å². The normalized spacial score (nSPS) is 18.0. The molecule has 5 rings (SSSR count). The van der Waals surface area contributed by atoms with Gasteiger partial charge in [0.05, 0.1) is 21.5 Å². The quantitative estimate of drug-likeness (QED) is 0.239. The monoisotopic (exact) mass is 506 g/mol. The number of rotatable bonds is 7. The average molecular weight is 507 g/mol. The Bertz CT molecular complexity index is 1430. The van der Waals surface area contributed by atoms with Gasteiger partial charge in [-0.05, 0) is 74.6 Å². The number of fused-ring (bicyclic) bond motifs is 1. The Hall–Kier alpha value is -3.19. The number of hydrogen-bond donors (Lipinski definition) is 0.